The van der Waals surface area contributed by atoms with Crippen LogP contribution in [-0.4, -0.2) is 38.1 Å². The Kier molecular flexibility index (Phi) is 5.53. The van der Waals surface area contributed by atoms with Crippen molar-refractivity contribution in [1.29, 1.82) is 0 Å². The second-order valence-electron chi connectivity index (χ2n) is 6.96. The minimum Gasteiger partial charge on any atom is -0.338 e. The summed E-state index contributed by atoms with van der Waals surface area (Å²) in [5, 5.41) is 0.376. The fourth-order valence-corrected chi connectivity index (χ4v) is 3.91. The molecule has 3 aromatic rings. The Balaban J connectivity index is 2.05. The number of carbonyl (C=O) groups is 1. The van der Waals surface area contributed by atoms with Gasteiger partial charge in [0.25, 0.3) is 5.91 Å². The monoisotopic (exact) mass is 390 g/mol. The van der Waals surface area contributed by atoms with Crippen LogP contribution in [0.3, 0.4) is 0 Å². The first-order chi connectivity index (χ1) is 12.8. The molecule has 0 aliphatic rings. The molecule has 0 radical (unpaired) electrons. The van der Waals surface area contributed by atoms with Crippen LogP contribution in [0, 0.1) is 25.5 Å². The summed E-state index contributed by atoms with van der Waals surface area (Å²) in [6, 6.07) is 7.71. The van der Waals surface area contributed by atoms with E-state index in [1.807, 2.05) is 40.1 Å². The third kappa shape index (κ3) is 4.14. The first-order valence-electron chi connectivity index (χ1n) is 8.70. The average Bonchev–Trinajstić information content (AvgIpc) is 2.98. The van der Waals surface area contributed by atoms with Crippen molar-refractivity contribution < 1.29 is 18.5 Å². The van der Waals surface area contributed by atoms with Crippen LogP contribution < -0.4 is 9.80 Å². The van der Waals surface area contributed by atoms with E-state index in [-0.39, 0.29) is 11.4 Å². The van der Waals surface area contributed by atoms with E-state index < -0.39 is 11.6 Å². The zero-order chi connectivity index (χ0) is 19.7. The number of hydrogen-bond acceptors (Lipinski definition) is 3. The first-order valence-corrected chi connectivity index (χ1v) is 9.51. The van der Waals surface area contributed by atoms with E-state index in [9.17, 15) is 13.6 Å². The fraction of sp³-hybridized carbons (Fsp3) is 0.300. The normalized spacial score (nSPS) is 11.4. The van der Waals surface area contributed by atoms with Crippen molar-refractivity contribution in [1.82, 2.24) is 4.98 Å². The molecular weight excluding hydrogens is 368 g/mol. The Morgan fingerprint density at radius 2 is 1.93 bits per heavy atom. The number of benzene rings is 2. The molecule has 2 aromatic carbocycles. The van der Waals surface area contributed by atoms with Crippen LogP contribution >= 0.6 is 11.3 Å². The van der Waals surface area contributed by atoms with Gasteiger partial charge in [-0.2, -0.15) is 0 Å². The van der Waals surface area contributed by atoms with Gasteiger partial charge in [0.1, 0.15) is 11.3 Å². The number of rotatable bonds is 5. The van der Waals surface area contributed by atoms with Crippen molar-refractivity contribution in [3.8, 4) is 0 Å². The molecular formula is C20H22F2N3OS+. The van der Waals surface area contributed by atoms with Gasteiger partial charge in [0, 0.05) is 11.6 Å². The molecule has 7 heteroatoms. The summed E-state index contributed by atoms with van der Waals surface area (Å²) < 4.78 is 28.0. The van der Waals surface area contributed by atoms with Gasteiger partial charge in [0.15, 0.2) is 10.9 Å². The van der Waals surface area contributed by atoms with E-state index in [2.05, 4.69) is 4.98 Å². The lowest BCUT2D eigenvalue weighted by Gasteiger charge is -2.21. The third-order valence-electron chi connectivity index (χ3n) is 4.33. The van der Waals surface area contributed by atoms with Crippen molar-refractivity contribution in [2.24, 2.45) is 0 Å². The standard InChI is InChI=1S/C20H21F2N3OS/c1-12-5-6-15(13(2)9-12)19(26)25(8-7-24(3)4)20-23-18-16(22)10-14(21)11-17(18)27-20/h5-6,9-11H,7-8H2,1-4H3/p+1. The van der Waals surface area contributed by atoms with Crippen LogP contribution in [0.25, 0.3) is 10.2 Å². The first kappa shape index (κ1) is 19.4. The highest BCUT2D eigenvalue weighted by Crippen LogP contribution is 2.32. The number of fused-ring (bicyclic) bond motifs is 1. The van der Waals surface area contributed by atoms with Crippen LogP contribution in [0.15, 0.2) is 30.3 Å². The zero-order valence-corrected chi connectivity index (χ0v) is 16.6. The summed E-state index contributed by atoms with van der Waals surface area (Å²) in [4.78, 5) is 20.3. The summed E-state index contributed by atoms with van der Waals surface area (Å²) in [5.41, 5.74) is 2.62. The molecule has 0 aliphatic carbocycles. The Hall–Kier alpha value is -2.38. The topological polar surface area (TPSA) is 37.6 Å². The smallest absolute Gasteiger partial charge is 0.260 e. The summed E-state index contributed by atoms with van der Waals surface area (Å²) in [7, 11) is 3.99. The molecule has 0 saturated heterocycles. The second kappa shape index (κ2) is 7.70. The number of aryl methyl sites for hydroxylation is 2. The highest BCUT2D eigenvalue weighted by Gasteiger charge is 2.24. The molecule has 0 unspecified atom stereocenters. The zero-order valence-electron chi connectivity index (χ0n) is 15.8. The number of thiazole rings is 1. The van der Waals surface area contributed by atoms with Gasteiger partial charge in [-0.15, -0.1) is 0 Å². The molecule has 1 amide bonds. The van der Waals surface area contributed by atoms with E-state index in [1.165, 1.54) is 11.0 Å². The van der Waals surface area contributed by atoms with E-state index in [0.717, 1.165) is 28.5 Å². The predicted octanol–water partition coefficient (Wildman–Crippen LogP) is 2.98. The van der Waals surface area contributed by atoms with Crippen LogP contribution in [0.2, 0.25) is 0 Å². The van der Waals surface area contributed by atoms with E-state index >= 15 is 0 Å². The number of aromatic nitrogens is 1. The number of hydrogen-bond donors (Lipinski definition) is 1. The number of amides is 1. The lowest BCUT2D eigenvalue weighted by atomic mass is 10.0. The van der Waals surface area contributed by atoms with Crippen molar-refractivity contribution in [3.05, 3.63) is 58.7 Å². The quantitative estimate of drug-likeness (QED) is 0.727. The molecule has 27 heavy (non-hydrogen) atoms. The summed E-state index contributed by atoms with van der Waals surface area (Å²) >= 11 is 1.12. The van der Waals surface area contributed by atoms with E-state index in [0.29, 0.717) is 28.5 Å². The van der Waals surface area contributed by atoms with Gasteiger partial charge >= 0.3 is 0 Å². The lowest BCUT2D eigenvalue weighted by Crippen LogP contribution is -3.06. The Morgan fingerprint density at radius 3 is 2.59 bits per heavy atom. The van der Waals surface area contributed by atoms with Crippen LogP contribution in [0.5, 0.6) is 0 Å². The predicted molar refractivity (Wildman–Crippen MR) is 105 cm³/mol. The molecule has 4 nitrogen and oxygen atoms in total. The van der Waals surface area contributed by atoms with E-state index in [4.69, 9.17) is 0 Å². The minimum absolute atomic E-state index is 0.0898. The molecule has 1 aromatic heterocycles. The summed E-state index contributed by atoms with van der Waals surface area (Å²) in [5.74, 6) is -1.56. The molecule has 142 valence electrons. The molecule has 1 N–H and O–H groups in total. The molecule has 0 bridgehead atoms. The molecule has 0 atom stereocenters. The Morgan fingerprint density at radius 1 is 1.19 bits per heavy atom. The number of quaternary nitrogens is 1. The van der Waals surface area contributed by atoms with Gasteiger partial charge in [-0.25, -0.2) is 13.8 Å². The third-order valence-corrected chi connectivity index (χ3v) is 5.35. The maximum absolute atomic E-state index is 14.1. The van der Waals surface area contributed by atoms with Gasteiger partial charge in [0.2, 0.25) is 0 Å². The minimum atomic E-state index is -0.718. The summed E-state index contributed by atoms with van der Waals surface area (Å²) in [6.07, 6.45) is 0. The number of nitrogens with zero attached hydrogens (tertiary/aromatic N) is 2. The number of anilines is 1. The van der Waals surface area contributed by atoms with Crippen molar-refractivity contribution in [2.45, 2.75) is 13.8 Å². The molecule has 0 saturated carbocycles. The van der Waals surface area contributed by atoms with Gasteiger partial charge < -0.3 is 4.90 Å². The van der Waals surface area contributed by atoms with Crippen LogP contribution in [0.4, 0.5) is 13.9 Å². The van der Waals surface area contributed by atoms with Gasteiger partial charge in [-0.05, 0) is 31.5 Å². The van der Waals surface area contributed by atoms with Gasteiger partial charge in [0.05, 0.1) is 31.9 Å². The second-order valence-corrected chi connectivity index (χ2v) is 7.97. The summed E-state index contributed by atoms with van der Waals surface area (Å²) in [6.45, 7) is 4.99. The number of carbonyl (C=O) groups excluding carboxylic acids is 1. The highest BCUT2D eigenvalue weighted by molar-refractivity contribution is 7.22. The highest BCUT2D eigenvalue weighted by atomic mass is 32.1. The molecule has 0 fully saturated rings. The van der Waals surface area contributed by atoms with Crippen LogP contribution in [0.1, 0.15) is 21.5 Å². The SMILES string of the molecule is Cc1ccc(C(=O)N(CC[NH+](C)C)c2nc3c(F)cc(F)cc3s2)c(C)c1. The van der Waals surface area contributed by atoms with Gasteiger partial charge in [-0.3, -0.25) is 9.69 Å². The maximum atomic E-state index is 14.1. The number of likely N-dealkylation sites (N-methyl/N-ethyl adjacent to an activating group) is 1. The van der Waals surface area contributed by atoms with Crippen LogP contribution in [-0.2, 0) is 0 Å². The van der Waals surface area contributed by atoms with Crippen molar-refractivity contribution >= 4 is 32.6 Å². The average molecular weight is 390 g/mol. The largest absolute Gasteiger partial charge is 0.338 e. The number of halogens is 2. The fourth-order valence-electron chi connectivity index (χ4n) is 2.88. The Labute approximate surface area is 161 Å². The van der Waals surface area contributed by atoms with Crippen molar-refractivity contribution in [2.75, 3.05) is 32.1 Å². The molecule has 0 spiro atoms. The lowest BCUT2D eigenvalue weighted by molar-refractivity contribution is -0.856. The number of nitrogens with one attached hydrogen (secondary N) is 1. The molecule has 3 rings (SSSR count). The molecule has 1 heterocycles. The van der Waals surface area contributed by atoms with E-state index in [1.54, 1.807) is 11.0 Å². The van der Waals surface area contributed by atoms with Gasteiger partial charge in [-0.1, -0.05) is 29.0 Å². The maximum Gasteiger partial charge on any atom is 0.260 e. The molecule has 0 aliphatic heterocycles. The Bertz CT molecular complexity index is 1000. The van der Waals surface area contributed by atoms with Crippen molar-refractivity contribution in [3.63, 3.8) is 0 Å².